The van der Waals surface area contributed by atoms with Gasteiger partial charge in [0.05, 0.1) is 17.0 Å². The summed E-state index contributed by atoms with van der Waals surface area (Å²) in [4.78, 5) is 21.0. The fraction of sp³-hybridized carbons (Fsp3) is 0.435. The predicted octanol–water partition coefficient (Wildman–Crippen LogP) is 5.52. The number of carbonyl (C=O) groups is 1. The van der Waals surface area contributed by atoms with Crippen LogP contribution in [0.15, 0.2) is 39.1 Å². The van der Waals surface area contributed by atoms with Crippen LogP contribution in [0.4, 0.5) is 5.13 Å². The number of piperidine rings is 1. The third-order valence-electron chi connectivity index (χ3n) is 5.72. The molecule has 3 heterocycles. The maximum Gasteiger partial charge on any atom is 0.258 e. The lowest BCUT2D eigenvalue weighted by atomic mass is 9.99. The van der Waals surface area contributed by atoms with E-state index in [1.807, 2.05) is 43.5 Å². The van der Waals surface area contributed by atoms with Gasteiger partial charge in [0, 0.05) is 28.1 Å². The van der Waals surface area contributed by atoms with Crippen LogP contribution >= 0.6 is 23.1 Å². The molecule has 1 saturated heterocycles. The number of aromatic nitrogens is 2. The lowest BCUT2D eigenvalue weighted by molar-refractivity contribution is 0.102. The van der Waals surface area contributed by atoms with Crippen LogP contribution in [0.5, 0.6) is 0 Å². The summed E-state index contributed by atoms with van der Waals surface area (Å²) in [5, 5.41) is 9.69. The highest BCUT2D eigenvalue weighted by Crippen LogP contribution is 2.29. The van der Waals surface area contributed by atoms with E-state index in [0.29, 0.717) is 16.4 Å². The van der Waals surface area contributed by atoms with Gasteiger partial charge < -0.3 is 4.52 Å². The van der Waals surface area contributed by atoms with Crippen molar-refractivity contribution in [3.05, 3.63) is 57.9 Å². The summed E-state index contributed by atoms with van der Waals surface area (Å²) in [7, 11) is 0. The predicted molar refractivity (Wildman–Crippen MR) is 126 cm³/mol. The van der Waals surface area contributed by atoms with Crippen molar-refractivity contribution in [1.82, 2.24) is 15.0 Å². The molecule has 1 aliphatic rings. The van der Waals surface area contributed by atoms with Gasteiger partial charge >= 0.3 is 0 Å². The first-order chi connectivity index (χ1) is 15.0. The van der Waals surface area contributed by atoms with Gasteiger partial charge in [0.1, 0.15) is 5.76 Å². The van der Waals surface area contributed by atoms with Crippen LogP contribution in [0.2, 0.25) is 0 Å². The molecule has 2 aromatic heterocycles. The first-order valence-corrected chi connectivity index (χ1v) is 12.5. The van der Waals surface area contributed by atoms with Crippen LogP contribution in [0, 0.1) is 19.8 Å². The van der Waals surface area contributed by atoms with Gasteiger partial charge in [0.2, 0.25) is 0 Å². The molecule has 1 aromatic carbocycles. The van der Waals surface area contributed by atoms with Crippen LogP contribution in [0.1, 0.15) is 52.8 Å². The molecule has 164 valence electrons. The van der Waals surface area contributed by atoms with Crippen LogP contribution in [0.3, 0.4) is 0 Å². The highest BCUT2D eigenvalue weighted by atomic mass is 32.2. The molecule has 1 aliphatic heterocycles. The van der Waals surface area contributed by atoms with Gasteiger partial charge in [-0.3, -0.25) is 15.0 Å². The van der Waals surface area contributed by atoms with Crippen LogP contribution < -0.4 is 5.32 Å². The summed E-state index contributed by atoms with van der Waals surface area (Å²) in [5.41, 5.74) is 3.65. The molecule has 0 atom stereocenters. The number of amides is 1. The molecule has 1 N–H and O–H groups in total. The van der Waals surface area contributed by atoms with E-state index in [4.69, 9.17) is 4.52 Å². The first kappa shape index (κ1) is 22.0. The number of thioether (sulfide) groups is 1. The number of nitrogens with one attached hydrogen (secondary N) is 1. The van der Waals surface area contributed by atoms with Gasteiger partial charge in [0.15, 0.2) is 5.13 Å². The summed E-state index contributed by atoms with van der Waals surface area (Å²) >= 11 is 3.10. The van der Waals surface area contributed by atoms with E-state index in [9.17, 15) is 4.79 Å². The molecule has 1 fully saturated rings. The highest BCUT2D eigenvalue weighted by Gasteiger charge is 2.18. The molecule has 0 unspecified atom stereocenters. The number of hydrogen-bond donors (Lipinski definition) is 1. The molecule has 1 amide bonds. The van der Waals surface area contributed by atoms with E-state index < -0.39 is 0 Å². The Bertz CT molecular complexity index is 1020. The number of likely N-dealkylation sites (tertiary alicyclic amines) is 1. The molecule has 3 aromatic rings. The summed E-state index contributed by atoms with van der Waals surface area (Å²) in [6, 6.07) is 7.67. The quantitative estimate of drug-likeness (QED) is 0.472. The molecule has 0 aliphatic carbocycles. The number of carbonyl (C=O) groups excluding carboxylic acids is 1. The van der Waals surface area contributed by atoms with Crippen molar-refractivity contribution in [2.24, 2.45) is 5.92 Å². The zero-order chi connectivity index (χ0) is 21.8. The van der Waals surface area contributed by atoms with E-state index >= 15 is 0 Å². The largest absolute Gasteiger partial charge is 0.361 e. The average molecular weight is 457 g/mol. The van der Waals surface area contributed by atoms with Gasteiger partial charge in [-0.05, 0) is 57.8 Å². The number of hydrogen-bond acceptors (Lipinski definition) is 7. The van der Waals surface area contributed by atoms with Crippen LogP contribution in [-0.4, -0.2) is 34.0 Å². The number of benzene rings is 1. The lowest BCUT2D eigenvalue weighted by Crippen LogP contribution is -2.32. The molecule has 8 heteroatoms. The second-order valence-corrected chi connectivity index (χ2v) is 10.0. The summed E-state index contributed by atoms with van der Waals surface area (Å²) in [5.74, 6) is 2.22. The topological polar surface area (TPSA) is 71.3 Å². The summed E-state index contributed by atoms with van der Waals surface area (Å²) < 4.78 is 5.25. The van der Waals surface area contributed by atoms with Gasteiger partial charge in [-0.2, -0.15) is 0 Å². The van der Waals surface area contributed by atoms with Gasteiger partial charge in [-0.25, -0.2) is 4.98 Å². The molecule has 0 spiro atoms. The molecule has 31 heavy (non-hydrogen) atoms. The Kier molecular flexibility index (Phi) is 7.09. The normalized spacial score (nSPS) is 15.3. The van der Waals surface area contributed by atoms with Gasteiger partial charge in [-0.15, -0.1) is 23.1 Å². The van der Waals surface area contributed by atoms with Crippen molar-refractivity contribution in [1.29, 1.82) is 0 Å². The van der Waals surface area contributed by atoms with Gasteiger partial charge in [0.25, 0.3) is 5.91 Å². The maximum absolute atomic E-state index is 13.0. The minimum Gasteiger partial charge on any atom is -0.361 e. The Hall–Kier alpha value is -2.16. The Morgan fingerprint density at radius 3 is 2.81 bits per heavy atom. The highest BCUT2D eigenvalue weighted by molar-refractivity contribution is 7.98. The van der Waals surface area contributed by atoms with Crippen LogP contribution in [0.25, 0.3) is 0 Å². The first-order valence-electron chi connectivity index (χ1n) is 10.6. The number of nitrogens with zero attached hydrogens (tertiary/aromatic N) is 3. The molecule has 4 rings (SSSR count). The zero-order valence-corrected chi connectivity index (χ0v) is 19.8. The van der Waals surface area contributed by atoms with E-state index in [2.05, 4.69) is 27.3 Å². The summed E-state index contributed by atoms with van der Waals surface area (Å²) in [6.07, 6.45) is 2.49. The van der Waals surface area contributed by atoms with E-state index in [1.54, 1.807) is 11.8 Å². The fourth-order valence-electron chi connectivity index (χ4n) is 3.69. The number of thiazole rings is 1. The van der Waals surface area contributed by atoms with E-state index in [1.165, 1.54) is 24.2 Å². The second-order valence-electron chi connectivity index (χ2n) is 8.14. The fourth-order valence-corrected chi connectivity index (χ4v) is 5.59. The number of anilines is 1. The molecule has 0 bridgehead atoms. The van der Waals surface area contributed by atoms with Crippen molar-refractivity contribution >= 4 is 34.1 Å². The molecule has 6 nitrogen and oxygen atoms in total. The van der Waals surface area contributed by atoms with E-state index in [0.717, 1.165) is 53.2 Å². The molecular formula is C23H28N4O2S2. The maximum atomic E-state index is 13.0. The smallest absolute Gasteiger partial charge is 0.258 e. The SMILES string of the molecule is Cc1noc(C)c1CSc1ccccc1C(=O)Nc1nc(CN2CCC(C)CC2)cs1. The van der Waals surface area contributed by atoms with Crippen molar-refractivity contribution in [2.75, 3.05) is 18.4 Å². The van der Waals surface area contributed by atoms with Crippen molar-refractivity contribution in [2.45, 2.75) is 50.8 Å². The van der Waals surface area contributed by atoms with Crippen molar-refractivity contribution in [3.63, 3.8) is 0 Å². The number of aryl methyl sites for hydroxylation is 2. The Morgan fingerprint density at radius 1 is 1.29 bits per heavy atom. The Balaban J connectivity index is 1.38. The Labute approximate surface area is 191 Å². The standard InChI is InChI=1S/C23H28N4O2S2/c1-15-8-10-27(11-9-15)12-18-13-31-23(24-18)25-22(28)19-6-4-5-7-21(19)30-14-20-16(2)26-29-17(20)3/h4-7,13,15H,8-12,14H2,1-3H3,(H,24,25,28). The lowest BCUT2D eigenvalue weighted by Gasteiger charge is -2.29. The Morgan fingerprint density at radius 2 is 2.06 bits per heavy atom. The molecule has 0 radical (unpaired) electrons. The van der Waals surface area contributed by atoms with Crippen LogP contribution in [-0.2, 0) is 12.3 Å². The van der Waals surface area contributed by atoms with Crippen molar-refractivity contribution < 1.29 is 9.32 Å². The third kappa shape index (κ3) is 5.56. The monoisotopic (exact) mass is 456 g/mol. The van der Waals surface area contributed by atoms with Crippen molar-refractivity contribution in [3.8, 4) is 0 Å². The molecular weight excluding hydrogens is 428 g/mol. The van der Waals surface area contributed by atoms with Gasteiger partial charge in [-0.1, -0.05) is 24.2 Å². The third-order valence-corrected chi connectivity index (χ3v) is 7.63. The number of rotatable bonds is 7. The minimum atomic E-state index is -0.130. The minimum absolute atomic E-state index is 0.130. The molecule has 0 saturated carbocycles. The van der Waals surface area contributed by atoms with E-state index in [-0.39, 0.29) is 5.91 Å². The average Bonchev–Trinajstić information content (AvgIpc) is 3.34. The zero-order valence-electron chi connectivity index (χ0n) is 18.2. The second kappa shape index (κ2) is 9.97. The summed E-state index contributed by atoms with van der Waals surface area (Å²) in [6.45, 7) is 9.27.